The lowest BCUT2D eigenvalue weighted by Crippen LogP contribution is -2.30. The molecule has 7 nitrogen and oxygen atoms in total. The summed E-state index contributed by atoms with van der Waals surface area (Å²) in [6, 6.07) is 6.02. The van der Waals surface area contributed by atoms with Crippen LogP contribution in [0, 0.1) is 0 Å². The van der Waals surface area contributed by atoms with Gasteiger partial charge in [-0.05, 0) is 31.2 Å². The van der Waals surface area contributed by atoms with Gasteiger partial charge in [0, 0.05) is 0 Å². The van der Waals surface area contributed by atoms with Crippen molar-refractivity contribution in [3.05, 3.63) is 42.1 Å². The van der Waals surface area contributed by atoms with Crippen LogP contribution in [0.1, 0.15) is 18.5 Å². The fraction of sp³-hybridized carbons (Fsp3) is 0.308. The minimum atomic E-state index is -4.66. The maximum absolute atomic E-state index is 12.8. The van der Waals surface area contributed by atoms with Gasteiger partial charge < -0.3 is 14.8 Å². The van der Waals surface area contributed by atoms with Crippen LogP contribution >= 0.6 is 0 Å². The predicted molar refractivity (Wildman–Crippen MR) is 72.6 cm³/mol. The molecule has 2 N–H and O–H groups in total. The quantitative estimate of drug-likeness (QED) is 0.762. The molecule has 0 aliphatic carbocycles. The van der Waals surface area contributed by atoms with Crippen LogP contribution in [0.3, 0.4) is 0 Å². The molecule has 3 rings (SSSR count). The number of hydrogen-bond acceptors (Lipinski definition) is 6. The van der Waals surface area contributed by atoms with Crippen molar-refractivity contribution in [2.45, 2.75) is 18.7 Å². The van der Waals surface area contributed by atoms with Crippen molar-refractivity contribution in [3.63, 3.8) is 0 Å². The zero-order valence-corrected chi connectivity index (χ0v) is 11.9. The van der Waals surface area contributed by atoms with Crippen molar-refractivity contribution in [1.29, 1.82) is 0 Å². The Kier molecular flexibility index (Phi) is 3.48. The van der Waals surface area contributed by atoms with Gasteiger partial charge in [0.25, 0.3) is 5.82 Å². The van der Waals surface area contributed by atoms with Crippen molar-refractivity contribution in [3.8, 4) is 0 Å². The molecule has 0 spiro atoms. The Morgan fingerprint density at radius 2 is 2.04 bits per heavy atom. The second-order valence-electron chi connectivity index (χ2n) is 5.11. The number of rotatable bonds is 4. The number of nitrogens with one attached hydrogen (secondary N) is 1. The van der Waals surface area contributed by atoms with Gasteiger partial charge in [-0.2, -0.15) is 17.7 Å². The summed E-state index contributed by atoms with van der Waals surface area (Å²) in [5.41, 5.74) is -1.37. The smallest absolute Gasteiger partial charge is 0.453 e. The van der Waals surface area contributed by atoms with Gasteiger partial charge in [-0.25, -0.2) is 0 Å². The third kappa shape index (κ3) is 2.97. The fourth-order valence-electron chi connectivity index (χ4n) is 1.99. The van der Waals surface area contributed by atoms with Crippen LogP contribution in [0.2, 0.25) is 0 Å². The Hall–Kier alpha value is -2.62. The Morgan fingerprint density at radius 3 is 2.70 bits per heavy atom. The topological polar surface area (TPSA) is 88.5 Å². The average molecular weight is 327 g/mol. The van der Waals surface area contributed by atoms with E-state index in [1.807, 2.05) is 0 Å². The van der Waals surface area contributed by atoms with E-state index >= 15 is 0 Å². The Morgan fingerprint density at radius 1 is 1.26 bits per heavy atom. The van der Waals surface area contributed by atoms with Gasteiger partial charge in [0.2, 0.25) is 0 Å². The molecule has 0 radical (unpaired) electrons. The van der Waals surface area contributed by atoms with Crippen LogP contribution in [0.4, 0.5) is 19.0 Å². The van der Waals surface area contributed by atoms with E-state index in [1.54, 1.807) is 12.1 Å². The Bertz CT molecular complexity index is 811. The average Bonchev–Trinajstić information content (AvgIpc) is 3.13. The third-order valence-electron chi connectivity index (χ3n) is 3.18. The minimum Gasteiger partial charge on any atom is -0.466 e. The van der Waals surface area contributed by atoms with Gasteiger partial charge in [-0.3, -0.25) is 0 Å². The first-order chi connectivity index (χ1) is 10.8. The van der Waals surface area contributed by atoms with Crippen LogP contribution in [0.5, 0.6) is 0 Å². The van der Waals surface area contributed by atoms with Gasteiger partial charge in [0.1, 0.15) is 17.2 Å². The van der Waals surface area contributed by atoms with E-state index in [0.717, 1.165) is 0 Å². The number of furan rings is 1. The van der Waals surface area contributed by atoms with E-state index in [-0.39, 0.29) is 18.0 Å². The number of nitrogens with zero attached hydrogens (tertiary/aromatic N) is 4. The number of aliphatic hydroxyl groups is 1. The molecule has 0 bridgehead atoms. The summed E-state index contributed by atoms with van der Waals surface area (Å²) in [6.07, 6.45) is -3.24. The van der Waals surface area contributed by atoms with Crippen molar-refractivity contribution in [2.75, 3.05) is 11.9 Å². The molecule has 1 unspecified atom stereocenters. The number of anilines is 1. The molecule has 0 aliphatic rings. The Balaban J connectivity index is 1.84. The highest BCUT2D eigenvalue weighted by Gasteiger charge is 2.37. The molecule has 3 aromatic rings. The number of hydrogen-bond donors (Lipinski definition) is 2. The second kappa shape index (κ2) is 5.23. The number of alkyl halides is 3. The second-order valence-corrected chi connectivity index (χ2v) is 5.11. The maximum atomic E-state index is 12.8. The summed E-state index contributed by atoms with van der Waals surface area (Å²) in [5, 5.41) is 23.4. The molecule has 1 atom stereocenters. The van der Waals surface area contributed by atoms with E-state index in [2.05, 4.69) is 20.6 Å². The molecule has 122 valence electrons. The van der Waals surface area contributed by atoms with Crippen molar-refractivity contribution in [2.24, 2.45) is 0 Å². The lowest BCUT2D eigenvalue weighted by Gasteiger charge is -2.21. The molecule has 10 heteroatoms. The molecule has 3 heterocycles. The molecule has 0 saturated carbocycles. The van der Waals surface area contributed by atoms with Crippen molar-refractivity contribution >= 4 is 11.5 Å². The molecule has 0 aromatic carbocycles. The molecular formula is C13H12F3N5O2. The number of halogens is 3. The van der Waals surface area contributed by atoms with E-state index in [9.17, 15) is 18.3 Å². The summed E-state index contributed by atoms with van der Waals surface area (Å²) < 4.78 is 44.1. The molecule has 0 fully saturated rings. The zero-order chi connectivity index (χ0) is 16.7. The highest BCUT2D eigenvalue weighted by Crippen LogP contribution is 2.27. The zero-order valence-electron chi connectivity index (χ0n) is 11.9. The van der Waals surface area contributed by atoms with E-state index in [1.165, 1.54) is 25.3 Å². The summed E-state index contributed by atoms with van der Waals surface area (Å²) in [4.78, 5) is 0. The van der Waals surface area contributed by atoms with Gasteiger partial charge in [-0.1, -0.05) is 0 Å². The molecule has 3 aromatic heterocycles. The maximum Gasteiger partial charge on any atom is 0.453 e. The van der Waals surface area contributed by atoms with Crippen LogP contribution < -0.4 is 5.32 Å². The summed E-state index contributed by atoms with van der Waals surface area (Å²) in [5.74, 6) is -0.755. The van der Waals surface area contributed by atoms with Crippen LogP contribution in [0.25, 0.3) is 5.65 Å². The molecule has 23 heavy (non-hydrogen) atoms. The summed E-state index contributed by atoms with van der Waals surface area (Å²) in [6.45, 7) is 1.50. The van der Waals surface area contributed by atoms with Crippen LogP contribution in [-0.4, -0.2) is 31.5 Å². The lowest BCUT2D eigenvalue weighted by molar-refractivity contribution is -0.146. The normalized spacial score (nSPS) is 14.8. The number of fused-ring (bicyclic) bond motifs is 1. The molecular weight excluding hydrogens is 315 g/mol. The van der Waals surface area contributed by atoms with Crippen LogP contribution in [0.15, 0.2) is 34.9 Å². The highest BCUT2D eigenvalue weighted by molar-refractivity contribution is 5.44. The summed E-state index contributed by atoms with van der Waals surface area (Å²) in [7, 11) is 0. The van der Waals surface area contributed by atoms with Crippen molar-refractivity contribution < 1.29 is 22.7 Å². The Labute approximate surface area is 127 Å². The first kappa shape index (κ1) is 15.3. The van der Waals surface area contributed by atoms with Gasteiger partial charge in [0.15, 0.2) is 5.65 Å². The molecule has 0 saturated heterocycles. The number of aromatic nitrogens is 4. The monoisotopic (exact) mass is 327 g/mol. The standard InChI is InChI=1S/C13H12F3N5O2/c1-12(22,8-3-2-6-23-8)7-17-9-4-5-10-18-19-11(13(14,15)16)21(10)20-9/h2-6,22H,7H2,1H3,(H,17,20). The van der Waals surface area contributed by atoms with Gasteiger partial charge in [0.05, 0.1) is 12.8 Å². The van der Waals surface area contributed by atoms with Crippen LogP contribution in [-0.2, 0) is 11.8 Å². The van der Waals surface area contributed by atoms with Gasteiger partial charge >= 0.3 is 6.18 Å². The third-order valence-corrected chi connectivity index (χ3v) is 3.18. The summed E-state index contributed by atoms with van der Waals surface area (Å²) >= 11 is 0. The lowest BCUT2D eigenvalue weighted by atomic mass is 10.0. The highest BCUT2D eigenvalue weighted by atomic mass is 19.4. The SMILES string of the molecule is CC(O)(CNc1ccc2nnc(C(F)(F)F)n2n1)c1ccco1. The molecule has 0 amide bonds. The van der Waals surface area contributed by atoms with E-state index in [4.69, 9.17) is 4.42 Å². The van der Waals surface area contributed by atoms with Crippen molar-refractivity contribution in [1.82, 2.24) is 19.8 Å². The molecule has 0 aliphatic heterocycles. The first-order valence-corrected chi connectivity index (χ1v) is 6.57. The largest absolute Gasteiger partial charge is 0.466 e. The van der Waals surface area contributed by atoms with E-state index < -0.39 is 17.6 Å². The van der Waals surface area contributed by atoms with E-state index in [0.29, 0.717) is 10.3 Å². The fourth-order valence-corrected chi connectivity index (χ4v) is 1.99. The first-order valence-electron chi connectivity index (χ1n) is 6.57. The minimum absolute atomic E-state index is 0.0114. The predicted octanol–water partition coefficient (Wildman–Crippen LogP) is 2.06. The van der Waals surface area contributed by atoms with Gasteiger partial charge in [-0.15, -0.1) is 15.3 Å².